The number of carbonyl (C=O) groups is 1. The van der Waals surface area contributed by atoms with Gasteiger partial charge >= 0.3 is 6.18 Å². The summed E-state index contributed by atoms with van der Waals surface area (Å²) in [6.07, 6.45) is -1.96. The van der Waals surface area contributed by atoms with E-state index in [0.717, 1.165) is 53.7 Å². The van der Waals surface area contributed by atoms with Gasteiger partial charge in [0.05, 0.1) is 32.7 Å². The van der Waals surface area contributed by atoms with Crippen LogP contribution in [0.15, 0.2) is 42.5 Å². The lowest BCUT2D eigenvalue weighted by Gasteiger charge is -2.37. The number of quaternary nitrogens is 1. The zero-order valence-corrected chi connectivity index (χ0v) is 19.2. The van der Waals surface area contributed by atoms with Gasteiger partial charge in [-0.15, -0.1) is 0 Å². The number of halogens is 3. The first-order valence-corrected chi connectivity index (χ1v) is 11.2. The maximum Gasteiger partial charge on any atom is 0.416 e. The van der Waals surface area contributed by atoms with Crippen LogP contribution < -0.4 is 5.11 Å². The minimum Gasteiger partial charge on any atom is -0.549 e. The fraction of sp³-hybridized carbons (Fsp3) is 0.500. The number of nitrogens with zero attached hydrogens (tertiary/aromatic N) is 1. The Morgan fingerprint density at radius 3 is 2.12 bits per heavy atom. The molecule has 0 saturated carbocycles. The number of aliphatic carboxylic acids is 1. The van der Waals surface area contributed by atoms with Crippen molar-refractivity contribution >= 4 is 5.97 Å². The smallest absolute Gasteiger partial charge is 0.416 e. The minimum absolute atomic E-state index is 0.170. The second-order valence-corrected chi connectivity index (χ2v) is 10.1. The van der Waals surface area contributed by atoms with Crippen molar-refractivity contribution in [3.05, 3.63) is 59.2 Å². The number of carboxylic acid groups (broad SMARTS) is 1. The monoisotopic (exact) mass is 447 g/mol. The summed E-state index contributed by atoms with van der Waals surface area (Å²) in [5, 5.41) is 12.0. The van der Waals surface area contributed by atoms with Crippen LogP contribution in [0, 0.1) is 5.92 Å². The summed E-state index contributed by atoms with van der Waals surface area (Å²) in [4.78, 5) is 12.0. The number of benzene rings is 2. The van der Waals surface area contributed by atoms with Gasteiger partial charge in [0.1, 0.15) is 0 Å². The molecule has 0 N–H and O–H groups in total. The van der Waals surface area contributed by atoms with E-state index in [1.165, 1.54) is 12.1 Å². The molecular weight excluding hydrogens is 415 g/mol. The van der Waals surface area contributed by atoms with E-state index in [1.807, 2.05) is 26.0 Å². The molecule has 32 heavy (non-hydrogen) atoms. The molecule has 2 aromatic rings. The van der Waals surface area contributed by atoms with Gasteiger partial charge in [-0.05, 0) is 52.6 Å². The molecule has 0 aliphatic carbocycles. The molecule has 1 aliphatic rings. The van der Waals surface area contributed by atoms with E-state index in [9.17, 15) is 23.1 Å². The largest absolute Gasteiger partial charge is 0.549 e. The number of carboxylic acids is 1. The first kappa shape index (κ1) is 24.3. The van der Waals surface area contributed by atoms with Crippen molar-refractivity contribution in [2.24, 2.45) is 5.92 Å². The van der Waals surface area contributed by atoms with Crippen molar-refractivity contribution in [3.8, 4) is 11.1 Å². The number of hydrogen-bond donors (Lipinski definition) is 0. The maximum absolute atomic E-state index is 13.0. The van der Waals surface area contributed by atoms with Gasteiger partial charge in [0, 0.05) is 24.7 Å². The highest BCUT2D eigenvalue weighted by atomic mass is 19.4. The average molecular weight is 448 g/mol. The van der Waals surface area contributed by atoms with E-state index < -0.39 is 23.6 Å². The van der Waals surface area contributed by atoms with E-state index in [-0.39, 0.29) is 5.92 Å². The SMILES string of the molecule is CC(C)CC(C(=O)[O-])c1cc(-c2ccc(C(F)(F)F)cc2)cc(C2CC[N+](C)(C)CC2)c1. The van der Waals surface area contributed by atoms with Gasteiger partial charge in [-0.1, -0.05) is 44.2 Å². The van der Waals surface area contributed by atoms with Crippen LogP contribution in [0.3, 0.4) is 0 Å². The van der Waals surface area contributed by atoms with Crippen LogP contribution in [0.25, 0.3) is 11.1 Å². The van der Waals surface area contributed by atoms with E-state index in [2.05, 4.69) is 14.1 Å². The van der Waals surface area contributed by atoms with E-state index >= 15 is 0 Å². The summed E-state index contributed by atoms with van der Waals surface area (Å²) >= 11 is 0. The summed E-state index contributed by atoms with van der Waals surface area (Å²) in [5.41, 5.74) is 2.44. The number of carbonyl (C=O) groups excluding carboxylic acids is 1. The van der Waals surface area contributed by atoms with E-state index in [4.69, 9.17) is 0 Å². The second-order valence-electron chi connectivity index (χ2n) is 10.1. The van der Waals surface area contributed by atoms with Crippen molar-refractivity contribution in [1.29, 1.82) is 0 Å². The van der Waals surface area contributed by atoms with Crippen LogP contribution in [0.2, 0.25) is 0 Å². The summed E-state index contributed by atoms with van der Waals surface area (Å²) < 4.78 is 40.0. The van der Waals surface area contributed by atoms with Crippen LogP contribution in [0.5, 0.6) is 0 Å². The molecule has 1 saturated heterocycles. The molecule has 1 heterocycles. The molecule has 1 aliphatic heterocycles. The predicted molar refractivity (Wildman–Crippen MR) is 118 cm³/mol. The van der Waals surface area contributed by atoms with Gasteiger partial charge in [0.25, 0.3) is 0 Å². The summed E-state index contributed by atoms with van der Waals surface area (Å²) in [6, 6.07) is 10.9. The predicted octanol–water partition coefficient (Wildman–Crippen LogP) is 5.21. The Balaban J connectivity index is 2.05. The third-order valence-electron chi connectivity index (χ3n) is 6.55. The van der Waals surface area contributed by atoms with Crippen LogP contribution in [-0.4, -0.2) is 37.6 Å². The summed E-state index contributed by atoms with van der Waals surface area (Å²) in [7, 11) is 4.41. The first-order chi connectivity index (χ1) is 14.9. The zero-order valence-electron chi connectivity index (χ0n) is 19.2. The number of piperidine rings is 1. The van der Waals surface area contributed by atoms with Gasteiger partial charge in [-0.25, -0.2) is 0 Å². The number of likely N-dealkylation sites (tertiary alicyclic amines) is 1. The normalized spacial score (nSPS) is 18.0. The highest BCUT2D eigenvalue weighted by Crippen LogP contribution is 2.37. The molecular formula is C26H32F3NO2. The Hall–Kier alpha value is -2.34. The molecule has 0 aromatic heterocycles. The molecule has 174 valence electrons. The molecule has 1 atom stereocenters. The fourth-order valence-electron chi connectivity index (χ4n) is 4.57. The Morgan fingerprint density at radius 1 is 1.03 bits per heavy atom. The molecule has 2 aromatic carbocycles. The fourth-order valence-corrected chi connectivity index (χ4v) is 4.57. The highest BCUT2D eigenvalue weighted by molar-refractivity contribution is 5.76. The lowest BCUT2D eigenvalue weighted by Crippen LogP contribution is -2.45. The van der Waals surface area contributed by atoms with Crippen LogP contribution in [0.4, 0.5) is 13.2 Å². The van der Waals surface area contributed by atoms with Crippen molar-refractivity contribution in [2.45, 2.75) is 51.1 Å². The molecule has 3 rings (SSSR count). The molecule has 0 spiro atoms. The molecule has 1 fully saturated rings. The van der Waals surface area contributed by atoms with E-state index in [1.54, 1.807) is 6.07 Å². The lowest BCUT2D eigenvalue weighted by molar-refractivity contribution is -0.895. The molecule has 1 unspecified atom stereocenters. The topological polar surface area (TPSA) is 40.1 Å². The quantitative estimate of drug-likeness (QED) is 0.571. The van der Waals surface area contributed by atoms with Crippen molar-refractivity contribution in [3.63, 3.8) is 0 Å². The second kappa shape index (κ2) is 9.26. The Kier molecular flexibility index (Phi) is 7.03. The third-order valence-corrected chi connectivity index (χ3v) is 6.55. The van der Waals surface area contributed by atoms with Gasteiger partial charge in [-0.3, -0.25) is 0 Å². The van der Waals surface area contributed by atoms with Gasteiger partial charge in [-0.2, -0.15) is 13.2 Å². The lowest BCUT2D eigenvalue weighted by atomic mass is 9.82. The molecule has 0 bridgehead atoms. The summed E-state index contributed by atoms with van der Waals surface area (Å²) in [5.74, 6) is -1.39. The third kappa shape index (κ3) is 5.91. The molecule has 6 heteroatoms. The summed E-state index contributed by atoms with van der Waals surface area (Å²) in [6.45, 7) is 6.00. The van der Waals surface area contributed by atoms with Crippen LogP contribution >= 0.6 is 0 Å². The molecule has 3 nitrogen and oxygen atoms in total. The number of alkyl halides is 3. The van der Waals surface area contributed by atoms with Crippen LogP contribution in [-0.2, 0) is 11.0 Å². The first-order valence-electron chi connectivity index (χ1n) is 11.2. The van der Waals surface area contributed by atoms with Gasteiger partial charge < -0.3 is 14.4 Å². The zero-order chi connectivity index (χ0) is 23.7. The van der Waals surface area contributed by atoms with Crippen molar-refractivity contribution < 1.29 is 27.6 Å². The molecule has 0 radical (unpaired) electrons. The maximum atomic E-state index is 13.0. The Labute approximate surface area is 188 Å². The minimum atomic E-state index is -4.39. The average Bonchev–Trinajstić information content (AvgIpc) is 2.71. The van der Waals surface area contributed by atoms with E-state index in [0.29, 0.717) is 23.5 Å². The highest BCUT2D eigenvalue weighted by Gasteiger charge is 2.31. The molecule has 0 amide bonds. The van der Waals surface area contributed by atoms with Crippen molar-refractivity contribution in [2.75, 3.05) is 27.2 Å². The standard InChI is InChI=1S/C26H32F3NO2/c1-17(2)13-24(25(31)32)22-15-20(18-5-7-23(8-6-18)26(27,28)29)14-21(16-22)19-9-11-30(3,4)12-10-19/h5-8,14-17,19,24H,9-13H2,1-4H3. The number of rotatable bonds is 6. The Morgan fingerprint density at radius 2 is 1.62 bits per heavy atom. The van der Waals surface area contributed by atoms with Gasteiger partial charge in [0.2, 0.25) is 0 Å². The number of hydrogen-bond acceptors (Lipinski definition) is 2. The Bertz CT molecular complexity index is 939. The van der Waals surface area contributed by atoms with Crippen LogP contribution in [0.1, 0.15) is 61.6 Å². The van der Waals surface area contributed by atoms with Gasteiger partial charge in [0.15, 0.2) is 0 Å². The van der Waals surface area contributed by atoms with Crippen molar-refractivity contribution in [1.82, 2.24) is 0 Å².